The highest BCUT2D eigenvalue weighted by molar-refractivity contribution is 6.18. The molecule has 90 valence electrons. The minimum atomic E-state index is 0.588. The van der Waals surface area contributed by atoms with E-state index in [9.17, 15) is 0 Å². The lowest BCUT2D eigenvalue weighted by Gasteiger charge is -2.22. The van der Waals surface area contributed by atoms with E-state index in [0.29, 0.717) is 5.88 Å². The minimum absolute atomic E-state index is 0.588. The molecule has 0 amide bonds. The van der Waals surface area contributed by atoms with Crippen molar-refractivity contribution in [3.05, 3.63) is 17.7 Å². The molecule has 16 heavy (non-hydrogen) atoms. The highest BCUT2D eigenvalue weighted by Gasteiger charge is 2.13. The Labute approximate surface area is 102 Å². The van der Waals surface area contributed by atoms with Crippen molar-refractivity contribution in [3.8, 4) is 11.5 Å². The summed E-state index contributed by atoms with van der Waals surface area (Å²) < 4.78 is 10.7. The first-order valence-electron chi connectivity index (χ1n) is 5.14. The lowest BCUT2D eigenvalue weighted by molar-refractivity contribution is 0.389. The van der Waals surface area contributed by atoms with Crippen LogP contribution in [0.5, 0.6) is 11.5 Å². The molecule has 0 saturated carbocycles. The molecule has 0 radical (unpaired) electrons. The van der Waals surface area contributed by atoms with Crippen molar-refractivity contribution in [1.29, 1.82) is 0 Å². The summed E-state index contributed by atoms with van der Waals surface area (Å²) >= 11 is 5.73. The summed E-state index contributed by atoms with van der Waals surface area (Å²) in [5.41, 5.74) is 2.03. The van der Waals surface area contributed by atoms with Gasteiger partial charge in [0, 0.05) is 25.0 Å². The van der Waals surface area contributed by atoms with E-state index in [4.69, 9.17) is 21.1 Å². The van der Waals surface area contributed by atoms with Crippen LogP contribution < -0.4 is 14.4 Å². The third-order valence-corrected chi connectivity index (χ3v) is 2.76. The molecule has 0 unspecified atom stereocenters. The maximum absolute atomic E-state index is 5.73. The predicted molar refractivity (Wildman–Crippen MR) is 68.3 cm³/mol. The second kappa shape index (κ2) is 5.85. The smallest absolute Gasteiger partial charge is 0.148 e. The fourth-order valence-electron chi connectivity index (χ4n) is 1.69. The molecule has 0 N–H and O–H groups in total. The van der Waals surface area contributed by atoms with Gasteiger partial charge in [0.2, 0.25) is 0 Å². The Hall–Kier alpha value is -1.09. The number of halogens is 1. The topological polar surface area (TPSA) is 21.7 Å². The molecule has 0 bridgehead atoms. The monoisotopic (exact) mass is 243 g/mol. The SMILES string of the molecule is COc1ccc(N(C)CCCl)c(OC)c1C. The Morgan fingerprint density at radius 3 is 2.44 bits per heavy atom. The van der Waals surface area contributed by atoms with Crippen LogP contribution in [0.3, 0.4) is 0 Å². The van der Waals surface area contributed by atoms with E-state index in [0.717, 1.165) is 29.3 Å². The minimum Gasteiger partial charge on any atom is -0.496 e. The molecule has 3 nitrogen and oxygen atoms in total. The number of hydrogen-bond acceptors (Lipinski definition) is 3. The molecule has 0 aromatic heterocycles. The van der Waals surface area contributed by atoms with Crippen LogP contribution in [-0.2, 0) is 0 Å². The van der Waals surface area contributed by atoms with E-state index < -0.39 is 0 Å². The number of benzene rings is 1. The maximum atomic E-state index is 5.73. The quantitative estimate of drug-likeness (QED) is 0.743. The Morgan fingerprint density at radius 2 is 1.94 bits per heavy atom. The molecule has 0 saturated heterocycles. The van der Waals surface area contributed by atoms with Gasteiger partial charge in [0.05, 0.1) is 19.9 Å². The lowest BCUT2D eigenvalue weighted by Crippen LogP contribution is -2.20. The van der Waals surface area contributed by atoms with Crippen LogP contribution in [0.2, 0.25) is 0 Å². The van der Waals surface area contributed by atoms with Crippen LogP contribution in [0.15, 0.2) is 12.1 Å². The number of ether oxygens (including phenoxy) is 2. The van der Waals surface area contributed by atoms with E-state index in [1.54, 1.807) is 14.2 Å². The largest absolute Gasteiger partial charge is 0.496 e. The fourth-order valence-corrected chi connectivity index (χ4v) is 1.94. The van der Waals surface area contributed by atoms with Crippen LogP contribution in [0.25, 0.3) is 0 Å². The van der Waals surface area contributed by atoms with Crippen LogP contribution in [0.1, 0.15) is 5.56 Å². The Kier molecular flexibility index (Phi) is 4.74. The molecule has 0 spiro atoms. The van der Waals surface area contributed by atoms with E-state index in [1.807, 2.05) is 26.1 Å². The second-order valence-corrected chi connectivity index (χ2v) is 3.93. The summed E-state index contributed by atoms with van der Waals surface area (Å²) in [6, 6.07) is 3.93. The third-order valence-electron chi connectivity index (χ3n) is 2.59. The van der Waals surface area contributed by atoms with Gasteiger partial charge in [-0.2, -0.15) is 0 Å². The molecule has 1 aromatic rings. The normalized spacial score (nSPS) is 10.1. The van der Waals surface area contributed by atoms with Gasteiger partial charge in [-0.15, -0.1) is 11.6 Å². The van der Waals surface area contributed by atoms with Crippen molar-refractivity contribution in [2.24, 2.45) is 0 Å². The summed E-state index contributed by atoms with van der Waals surface area (Å²) in [5.74, 6) is 2.26. The van der Waals surface area contributed by atoms with Crippen molar-refractivity contribution < 1.29 is 9.47 Å². The molecule has 1 aromatic carbocycles. The number of nitrogens with zero attached hydrogens (tertiary/aromatic N) is 1. The number of hydrogen-bond donors (Lipinski definition) is 0. The number of methoxy groups -OCH3 is 2. The molecule has 0 atom stereocenters. The van der Waals surface area contributed by atoms with Gasteiger partial charge in [-0.05, 0) is 19.1 Å². The Morgan fingerprint density at radius 1 is 1.25 bits per heavy atom. The third kappa shape index (κ3) is 2.53. The zero-order chi connectivity index (χ0) is 12.1. The van der Waals surface area contributed by atoms with E-state index >= 15 is 0 Å². The summed E-state index contributed by atoms with van der Waals surface area (Å²) in [6.07, 6.45) is 0. The first-order chi connectivity index (χ1) is 7.65. The first-order valence-corrected chi connectivity index (χ1v) is 5.67. The second-order valence-electron chi connectivity index (χ2n) is 3.56. The van der Waals surface area contributed by atoms with Gasteiger partial charge in [-0.3, -0.25) is 0 Å². The standard InChI is InChI=1S/C12H18ClNO2/c1-9-11(15-3)6-5-10(12(9)16-4)14(2)8-7-13/h5-6H,7-8H2,1-4H3. The Balaban J connectivity index is 3.14. The summed E-state index contributed by atoms with van der Waals surface area (Å²) in [4.78, 5) is 2.07. The highest BCUT2D eigenvalue weighted by Crippen LogP contribution is 2.36. The highest BCUT2D eigenvalue weighted by atomic mass is 35.5. The molecule has 4 heteroatoms. The number of anilines is 1. The van der Waals surface area contributed by atoms with Gasteiger partial charge in [0.15, 0.2) is 0 Å². The van der Waals surface area contributed by atoms with E-state index in [-0.39, 0.29) is 0 Å². The molecule has 0 heterocycles. The average molecular weight is 244 g/mol. The number of rotatable bonds is 5. The van der Waals surface area contributed by atoms with Crippen molar-refractivity contribution in [2.75, 3.05) is 38.6 Å². The van der Waals surface area contributed by atoms with Crippen molar-refractivity contribution in [2.45, 2.75) is 6.92 Å². The maximum Gasteiger partial charge on any atom is 0.148 e. The summed E-state index contributed by atoms with van der Waals surface area (Å²) in [6.45, 7) is 2.76. The first kappa shape index (κ1) is 13.0. The molecule has 1 rings (SSSR count). The summed E-state index contributed by atoms with van der Waals surface area (Å²) in [7, 11) is 5.32. The van der Waals surface area contributed by atoms with Crippen molar-refractivity contribution >= 4 is 17.3 Å². The van der Waals surface area contributed by atoms with Crippen LogP contribution >= 0.6 is 11.6 Å². The van der Waals surface area contributed by atoms with Crippen LogP contribution in [0, 0.1) is 6.92 Å². The number of alkyl halides is 1. The molecule has 0 aliphatic carbocycles. The zero-order valence-corrected chi connectivity index (χ0v) is 11.0. The van der Waals surface area contributed by atoms with Crippen LogP contribution in [-0.4, -0.2) is 33.7 Å². The average Bonchev–Trinajstić information content (AvgIpc) is 2.28. The molecule has 0 fully saturated rings. The van der Waals surface area contributed by atoms with Gasteiger partial charge < -0.3 is 14.4 Å². The van der Waals surface area contributed by atoms with Crippen molar-refractivity contribution in [1.82, 2.24) is 0 Å². The Bertz CT molecular complexity index is 355. The van der Waals surface area contributed by atoms with Crippen molar-refractivity contribution in [3.63, 3.8) is 0 Å². The lowest BCUT2D eigenvalue weighted by atomic mass is 10.1. The molecule has 0 aliphatic heterocycles. The van der Waals surface area contributed by atoms with E-state index in [2.05, 4.69) is 4.90 Å². The molecule has 0 aliphatic rings. The van der Waals surface area contributed by atoms with Gasteiger partial charge in [0.1, 0.15) is 11.5 Å². The van der Waals surface area contributed by atoms with Crippen LogP contribution in [0.4, 0.5) is 5.69 Å². The van der Waals surface area contributed by atoms with Gasteiger partial charge >= 0.3 is 0 Å². The molecular weight excluding hydrogens is 226 g/mol. The zero-order valence-electron chi connectivity index (χ0n) is 10.2. The summed E-state index contributed by atoms with van der Waals surface area (Å²) in [5, 5.41) is 0. The fraction of sp³-hybridized carbons (Fsp3) is 0.500. The van der Waals surface area contributed by atoms with E-state index in [1.165, 1.54) is 0 Å². The van der Waals surface area contributed by atoms with Gasteiger partial charge in [0.25, 0.3) is 0 Å². The molecular formula is C12H18ClNO2. The van der Waals surface area contributed by atoms with Gasteiger partial charge in [-0.25, -0.2) is 0 Å². The van der Waals surface area contributed by atoms with Gasteiger partial charge in [-0.1, -0.05) is 0 Å². The predicted octanol–water partition coefficient (Wildman–Crippen LogP) is 2.69.